The van der Waals surface area contributed by atoms with Crippen LogP contribution in [-0.2, 0) is 4.79 Å². The van der Waals surface area contributed by atoms with Crippen molar-refractivity contribution < 1.29 is 4.79 Å². The van der Waals surface area contributed by atoms with Crippen molar-refractivity contribution >= 4 is 34.8 Å². The van der Waals surface area contributed by atoms with Crippen LogP contribution in [0.25, 0.3) is 0 Å². The molecule has 0 radical (unpaired) electrons. The second kappa shape index (κ2) is 11.0. The molecule has 0 saturated carbocycles. The van der Waals surface area contributed by atoms with Gasteiger partial charge >= 0.3 is 0 Å². The number of amides is 1. The molecule has 0 aliphatic heterocycles. The zero-order chi connectivity index (χ0) is 17.9. The molecule has 24 heavy (non-hydrogen) atoms. The first-order valence-electron chi connectivity index (χ1n) is 8.14. The molecule has 0 heterocycles. The molecule has 1 N–H and O–H groups in total. The molecule has 0 aliphatic rings. The lowest BCUT2D eigenvalue weighted by Crippen LogP contribution is -2.23. The van der Waals surface area contributed by atoms with Crippen molar-refractivity contribution in [3.8, 4) is 6.07 Å². The van der Waals surface area contributed by atoms with Gasteiger partial charge in [-0.15, -0.1) is 0 Å². The number of halogens is 2. The summed E-state index contributed by atoms with van der Waals surface area (Å²) < 4.78 is 0. The predicted octanol–water partition coefficient (Wildman–Crippen LogP) is 5.24. The number of nitrogens with zero attached hydrogens (tertiary/aromatic N) is 2. The fraction of sp³-hybridized carbons (Fsp3) is 0.444. The molecule has 0 unspecified atom stereocenters. The SMILES string of the molecule is CCCCN(/C=C(/C#N)C(=O)Nc1ccc(Cl)cc1Cl)CCCC. The average molecular weight is 368 g/mol. The van der Waals surface area contributed by atoms with E-state index in [9.17, 15) is 10.1 Å². The number of nitrogens with one attached hydrogen (secondary N) is 1. The summed E-state index contributed by atoms with van der Waals surface area (Å²) in [5.74, 6) is -0.472. The summed E-state index contributed by atoms with van der Waals surface area (Å²) in [7, 11) is 0. The Hall–Kier alpha value is -1.70. The highest BCUT2D eigenvalue weighted by atomic mass is 35.5. The van der Waals surface area contributed by atoms with Gasteiger partial charge in [0.15, 0.2) is 0 Å². The molecule has 0 bridgehead atoms. The summed E-state index contributed by atoms with van der Waals surface area (Å²) in [4.78, 5) is 14.4. The van der Waals surface area contributed by atoms with E-state index >= 15 is 0 Å². The highest BCUT2D eigenvalue weighted by Gasteiger charge is 2.13. The monoisotopic (exact) mass is 367 g/mol. The van der Waals surface area contributed by atoms with Gasteiger partial charge in [0.25, 0.3) is 5.91 Å². The minimum atomic E-state index is -0.472. The van der Waals surface area contributed by atoms with Gasteiger partial charge in [0.1, 0.15) is 11.6 Å². The summed E-state index contributed by atoms with van der Waals surface area (Å²) in [5.41, 5.74) is 0.495. The van der Waals surface area contributed by atoms with Crippen LogP contribution in [0.1, 0.15) is 39.5 Å². The Morgan fingerprint density at radius 1 is 1.25 bits per heavy atom. The number of hydrogen-bond acceptors (Lipinski definition) is 3. The van der Waals surface area contributed by atoms with Gasteiger partial charge in [-0.3, -0.25) is 4.79 Å². The summed E-state index contributed by atoms with van der Waals surface area (Å²) >= 11 is 11.9. The van der Waals surface area contributed by atoms with Gasteiger partial charge < -0.3 is 10.2 Å². The second-order valence-corrected chi connectivity index (χ2v) is 6.32. The summed E-state index contributed by atoms with van der Waals surface area (Å²) in [6.45, 7) is 5.89. The highest BCUT2D eigenvalue weighted by molar-refractivity contribution is 6.36. The van der Waals surface area contributed by atoms with E-state index in [2.05, 4.69) is 19.2 Å². The van der Waals surface area contributed by atoms with Crippen LogP contribution in [0.3, 0.4) is 0 Å². The molecule has 4 nitrogen and oxygen atoms in total. The number of anilines is 1. The van der Waals surface area contributed by atoms with Gasteiger partial charge in [0.2, 0.25) is 0 Å². The zero-order valence-electron chi connectivity index (χ0n) is 14.1. The van der Waals surface area contributed by atoms with E-state index in [-0.39, 0.29) is 5.57 Å². The van der Waals surface area contributed by atoms with Crippen LogP contribution in [0.2, 0.25) is 10.0 Å². The fourth-order valence-corrected chi connectivity index (χ4v) is 2.52. The molecule has 1 aromatic carbocycles. The Morgan fingerprint density at radius 3 is 2.38 bits per heavy atom. The number of rotatable bonds is 9. The van der Waals surface area contributed by atoms with Crippen molar-refractivity contribution in [2.45, 2.75) is 39.5 Å². The van der Waals surface area contributed by atoms with Gasteiger partial charge in [-0.2, -0.15) is 5.26 Å². The maximum atomic E-state index is 12.3. The predicted molar refractivity (Wildman–Crippen MR) is 100 cm³/mol. The summed E-state index contributed by atoms with van der Waals surface area (Å²) in [6, 6.07) is 6.77. The smallest absolute Gasteiger partial charge is 0.267 e. The number of nitriles is 1. The topological polar surface area (TPSA) is 56.1 Å². The van der Waals surface area contributed by atoms with Crippen LogP contribution in [0.4, 0.5) is 5.69 Å². The van der Waals surface area contributed by atoms with Crippen LogP contribution in [0, 0.1) is 11.3 Å². The van der Waals surface area contributed by atoms with Crippen molar-refractivity contribution in [3.63, 3.8) is 0 Å². The first-order valence-corrected chi connectivity index (χ1v) is 8.89. The number of hydrogen-bond donors (Lipinski definition) is 1. The minimum Gasteiger partial charge on any atom is -0.376 e. The Kier molecular flexibility index (Phi) is 9.29. The number of carbonyl (C=O) groups is 1. The van der Waals surface area contributed by atoms with E-state index in [0.29, 0.717) is 15.7 Å². The molecule has 0 spiro atoms. The molecule has 1 rings (SSSR count). The van der Waals surface area contributed by atoms with E-state index in [1.165, 1.54) is 0 Å². The van der Waals surface area contributed by atoms with Crippen LogP contribution in [-0.4, -0.2) is 23.9 Å². The standard InChI is InChI=1S/C18H23Cl2N3O/c1-3-5-9-23(10-6-4-2)13-14(12-21)18(24)22-17-8-7-15(19)11-16(17)20/h7-8,11,13H,3-6,9-10H2,1-2H3,(H,22,24)/b14-13-. The number of benzene rings is 1. The quantitative estimate of drug-likeness (QED) is 0.479. The molecule has 130 valence electrons. The van der Waals surface area contributed by atoms with Crippen LogP contribution in [0.15, 0.2) is 30.0 Å². The zero-order valence-corrected chi connectivity index (χ0v) is 15.6. The van der Waals surface area contributed by atoms with E-state index in [1.807, 2.05) is 11.0 Å². The maximum Gasteiger partial charge on any atom is 0.267 e. The highest BCUT2D eigenvalue weighted by Crippen LogP contribution is 2.25. The lowest BCUT2D eigenvalue weighted by atomic mass is 10.2. The van der Waals surface area contributed by atoms with Crippen molar-refractivity contribution in [1.82, 2.24) is 4.90 Å². The van der Waals surface area contributed by atoms with Gasteiger partial charge in [0, 0.05) is 24.3 Å². The Morgan fingerprint density at radius 2 is 1.88 bits per heavy atom. The maximum absolute atomic E-state index is 12.3. The van der Waals surface area contributed by atoms with Crippen molar-refractivity contribution in [2.24, 2.45) is 0 Å². The summed E-state index contributed by atoms with van der Waals surface area (Å²) in [5, 5.41) is 12.8. The van der Waals surface area contributed by atoms with E-state index in [4.69, 9.17) is 23.2 Å². The third-order valence-electron chi connectivity index (χ3n) is 3.45. The molecule has 1 amide bonds. The lowest BCUT2D eigenvalue weighted by Gasteiger charge is -2.20. The Balaban J connectivity index is 2.87. The van der Waals surface area contributed by atoms with Gasteiger partial charge in [0.05, 0.1) is 10.7 Å². The third kappa shape index (κ3) is 6.82. The van der Waals surface area contributed by atoms with Gasteiger partial charge in [-0.1, -0.05) is 49.9 Å². The van der Waals surface area contributed by atoms with E-state index < -0.39 is 5.91 Å². The number of carbonyl (C=O) groups excluding carboxylic acids is 1. The molecule has 0 saturated heterocycles. The Bertz CT molecular complexity index is 615. The van der Waals surface area contributed by atoms with E-state index in [0.717, 1.165) is 38.8 Å². The lowest BCUT2D eigenvalue weighted by molar-refractivity contribution is -0.112. The molecule has 0 aliphatic carbocycles. The summed E-state index contributed by atoms with van der Waals surface area (Å²) in [6.07, 6.45) is 5.80. The van der Waals surface area contributed by atoms with Crippen LogP contribution < -0.4 is 5.32 Å². The number of unbranched alkanes of at least 4 members (excludes halogenated alkanes) is 2. The van der Waals surface area contributed by atoms with Crippen LogP contribution in [0.5, 0.6) is 0 Å². The molecular weight excluding hydrogens is 345 g/mol. The van der Waals surface area contributed by atoms with Crippen LogP contribution >= 0.6 is 23.2 Å². The van der Waals surface area contributed by atoms with Gasteiger partial charge in [-0.25, -0.2) is 0 Å². The molecule has 0 aromatic heterocycles. The largest absolute Gasteiger partial charge is 0.376 e. The molecule has 6 heteroatoms. The van der Waals surface area contributed by atoms with Gasteiger partial charge in [-0.05, 0) is 31.0 Å². The fourth-order valence-electron chi connectivity index (χ4n) is 2.06. The van der Waals surface area contributed by atoms with E-state index in [1.54, 1.807) is 24.4 Å². The normalized spacial score (nSPS) is 11.0. The molecule has 0 atom stereocenters. The third-order valence-corrected chi connectivity index (χ3v) is 4.00. The molecular formula is C18H23Cl2N3O. The van der Waals surface area contributed by atoms with Crippen molar-refractivity contribution in [3.05, 3.63) is 40.0 Å². The molecule has 1 aromatic rings. The Labute approximate surface area is 154 Å². The van der Waals surface area contributed by atoms with Crippen molar-refractivity contribution in [2.75, 3.05) is 18.4 Å². The second-order valence-electron chi connectivity index (χ2n) is 5.48. The average Bonchev–Trinajstić information content (AvgIpc) is 2.56. The molecule has 0 fully saturated rings. The first kappa shape index (κ1) is 20.3. The first-order chi connectivity index (χ1) is 11.5. The van der Waals surface area contributed by atoms with Crippen molar-refractivity contribution in [1.29, 1.82) is 5.26 Å². The minimum absolute atomic E-state index is 0.0632.